The summed E-state index contributed by atoms with van der Waals surface area (Å²) in [5.41, 5.74) is 2.44. The number of carbonyl (C=O) groups excluding carboxylic acids is 3. The summed E-state index contributed by atoms with van der Waals surface area (Å²) in [4.78, 5) is 45.3. The minimum Gasteiger partial charge on any atom is -0.307 e. The molecule has 2 atom stereocenters. The lowest BCUT2D eigenvalue weighted by molar-refractivity contribution is -0.131. The second kappa shape index (κ2) is 10.1. The molecular weight excluding hydrogens is 576 g/mol. The van der Waals surface area contributed by atoms with E-state index in [1.807, 2.05) is 66.7 Å². The Labute approximate surface area is 240 Å². The molecule has 0 saturated carbocycles. The molecule has 1 fully saturated rings. The van der Waals surface area contributed by atoms with Gasteiger partial charge in [-0.05, 0) is 65.6 Å². The summed E-state index contributed by atoms with van der Waals surface area (Å²) in [5, 5.41) is 0.472. The van der Waals surface area contributed by atoms with E-state index in [0.29, 0.717) is 28.5 Å². The van der Waals surface area contributed by atoms with Crippen LogP contribution in [0.15, 0.2) is 108 Å². The quantitative estimate of drug-likeness (QED) is 0.232. The minimum absolute atomic E-state index is 0.0683. The first-order valence-corrected chi connectivity index (χ1v) is 13.9. The maximum Gasteiger partial charge on any atom is 0.239 e. The molecule has 3 amide bonds. The third-order valence-corrected chi connectivity index (χ3v) is 8.46. The largest absolute Gasteiger partial charge is 0.307 e. The summed E-state index contributed by atoms with van der Waals surface area (Å²) in [7, 11) is 0. The molecule has 2 aliphatic heterocycles. The van der Waals surface area contributed by atoms with Gasteiger partial charge in [0.1, 0.15) is 0 Å². The summed E-state index contributed by atoms with van der Waals surface area (Å²) < 4.78 is 0.912. The van der Waals surface area contributed by atoms with E-state index in [0.717, 1.165) is 15.6 Å². The van der Waals surface area contributed by atoms with Gasteiger partial charge in [-0.15, -0.1) is 0 Å². The summed E-state index contributed by atoms with van der Waals surface area (Å²) in [5.74, 6) is -1.78. The number of halogens is 2. The molecular formula is C32H24BrClN2O3. The van der Waals surface area contributed by atoms with Crippen LogP contribution in [0.25, 0.3) is 0 Å². The van der Waals surface area contributed by atoms with Crippen molar-refractivity contribution in [3.05, 3.63) is 129 Å². The molecule has 0 N–H and O–H groups in total. The number of imide groups is 1. The van der Waals surface area contributed by atoms with Gasteiger partial charge >= 0.3 is 0 Å². The first kappa shape index (κ1) is 25.5. The van der Waals surface area contributed by atoms with Crippen molar-refractivity contribution in [3.8, 4) is 0 Å². The molecule has 0 unspecified atom stereocenters. The molecule has 6 rings (SSSR count). The van der Waals surface area contributed by atoms with Crippen LogP contribution in [-0.2, 0) is 32.8 Å². The molecule has 0 aromatic heterocycles. The van der Waals surface area contributed by atoms with Gasteiger partial charge < -0.3 is 4.90 Å². The lowest BCUT2D eigenvalue weighted by atomic mass is 9.66. The number of benzene rings is 4. The summed E-state index contributed by atoms with van der Waals surface area (Å²) >= 11 is 10.0. The van der Waals surface area contributed by atoms with Crippen LogP contribution in [0.4, 0.5) is 11.4 Å². The van der Waals surface area contributed by atoms with Gasteiger partial charge in [-0.25, -0.2) is 0 Å². The Bertz CT molecular complexity index is 1580. The van der Waals surface area contributed by atoms with Crippen molar-refractivity contribution in [1.82, 2.24) is 0 Å². The zero-order chi connectivity index (χ0) is 27.1. The SMILES string of the molecule is O=C1C[C@H]([C@]2(Cc3ccc(Br)cc3)C(=O)N(Cc3ccccc3)c3ccc(Cl)cc32)C(=O)N1c1ccccc1. The average Bonchev–Trinajstić information content (AvgIpc) is 3.36. The molecule has 7 heteroatoms. The van der Waals surface area contributed by atoms with Crippen LogP contribution in [-0.4, -0.2) is 17.7 Å². The molecule has 0 radical (unpaired) electrons. The van der Waals surface area contributed by atoms with Crippen molar-refractivity contribution in [3.63, 3.8) is 0 Å². The maximum absolute atomic E-state index is 14.7. The minimum atomic E-state index is -1.31. The molecule has 0 spiro atoms. The van der Waals surface area contributed by atoms with E-state index in [4.69, 9.17) is 11.6 Å². The van der Waals surface area contributed by atoms with Crippen molar-refractivity contribution >= 4 is 56.6 Å². The Morgan fingerprint density at radius 3 is 2.18 bits per heavy atom. The Balaban J connectivity index is 1.52. The molecule has 5 nitrogen and oxygen atoms in total. The third-order valence-electron chi connectivity index (χ3n) is 7.69. The highest BCUT2D eigenvalue weighted by Gasteiger charge is 2.61. The summed E-state index contributed by atoms with van der Waals surface area (Å²) in [6, 6.07) is 31.8. The number of amides is 3. The fraction of sp³-hybridized carbons (Fsp3) is 0.156. The number of anilines is 2. The highest BCUT2D eigenvalue weighted by atomic mass is 79.9. The van der Waals surface area contributed by atoms with Crippen molar-refractivity contribution in [2.24, 2.45) is 5.92 Å². The first-order valence-electron chi connectivity index (χ1n) is 12.7. The number of hydrogen-bond acceptors (Lipinski definition) is 3. The zero-order valence-electron chi connectivity index (χ0n) is 20.9. The fourth-order valence-corrected chi connectivity index (χ4v) is 6.35. The number of carbonyl (C=O) groups is 3. The van der Waals surface area contributed by atoms with Crippen LogP contribution in [0.2, 0.25) is 5.02 Å². The van der Waals surface area contributed by atoms with Crippen molar-refractivity contribution < 1.29 is 14.4 Å². The molecule has 4 aromatic rings. The molecule has 2 aliphatic rings. The normalized spacial score (nSPS) is 20.6. The van der Waals surface area contributed by atoms with Gasteiger partial charge in [0.15, 0.2) is 0 Å². The van der Waals surface area contributed by atoms with Gasteiger partial charge in [0.2, 0.25) is 17.7 Å². The molecule has 4 aromatic carbocycles. The van der Waals surface area contributed by atoms with Gasteiger partial charge in [0, 0.05) is 21.6 Å². The van der Waals surface area contributed by atoms with E-state index in [1.165, 1.54) is 4.90 Å². The van der Waals surface area contributed by atoms with Crippen LogP contribution in [0, 0.1) is 5.92 Å². The van der Waals surface area contributed by atoms with Crippen molar-refractivity contribution in [2.45, 2.75) is 24.8 Å². The molecule has 1 saturated heterocycles. The zero-order valence-corrected chi connectivity index (χ0v) is 23.2. The predicted octanol–water partition coefficient (Wildman–Crippen LogP) is 6.71. The monoisotopic (exact) mass is 598 g/mol. The molecule has 194 valence electrons. The van der Waals surface area contributed by atoms with Crippen LogP contribution in [0.5, 0.6) is 0 Å². The maximum atomic E-state index is 14.7. The number of nitrogens with zero attached hydrogens (tertiary/aromatic N) is 2. The highest BCUT2D eigenvalue weighted by molar-refractivity contribution is 9.10. The number of hydrogen-bond donors (Lipinski definition) is 0. The third kappa shape index (κ3) is 4.38. The lowest BCUT2D eigenvalue weighted by Crippen LogP contribution is -2.50. The molecule has 0 aliphatic carbocycles. The second-order valence-corrected chi connectivity index (χ2v) is 11.3. The standard InChI is InChI=1S/C32H24BrClN2O3/c33-23-13-11-21(12-14-23)19-32(27-18-29(37)36(30(27)38)25-9-5-2-6-10-25)26-17-24(34)15-16-28(26)35(31(32)39)20-22-7-3-1-4-8-22/h1-17,27H,18-20H2/t27-,32+/m0/s1. The molecule has 2 heterocycles. The van der Waals surface area contributed by atoms with E-state index >= 15 is 0 Å². The summed E-state index contributed by atoms with van der Waals surface area (Å²) in [6.07, 6.45) is 0.186. The van der Waals surface area contributed by atoms with Gasteiger partial charge in [-0.3, -0.25) is 19.3 Å². The topological polar surface area (TPSA) is 57.7 Å². The van der Waals surface area contributed by atoms with Crippen LogP contribution >= 0.6 is 27.5 Å². The van der Waals surface area contributed by atoms with E-state index in [-0.39, 0.29) is 30.6 Å². The van der Waals surface area contributed by atoms with E-state index < -0.39 is 11.3 Å². The predicted molar refractivity (Wildman–Crippen MR) is 156 cm³/mol. The lowest BCUT2D eigenvalue weighted by Gasteiger charge is -2.33. The Morgan fingerprint density at radius 2 is 1.49 bits per heavy atom. The number of fused-ring (bicyclic) bond motifs is 1. The summed E-state index contributed by atoms with van der Waals surface area (Å²) in [6.45, 7) is 0.341. The fourth-order valence-electron chi connectivity index (χ4n) is 5.91. The van der Waals surface area contributed by atoms with Crippen molar-refractivity contribution in [1.29, 1.82) is 0 Å². The van der Waals surface area contributed by atoms with E-state index in [1.54, 1.807) is 41.3 Å². The van der Waals surface area contributed by atoms with Crippen LogP contribution < -0.4 is 9.80 Å². The number of para-hydroxylation sites is 1. The second-order valence-electron chi connectivity index (χ2n) is 9.97. The van der Waals surface area contributed by atoms with Crippen molar-refractivity contribution in [2.75, 3.05) is 9.80 Å². The smallest absolute Gasteiger partial charge is 0.239 e. The first-order chi connectivity index (χ1) is 18.9. The Kier molecular flexibility index (Phi) is 6.61. The van der Waals surface area contributed by atoms with E-state index in [9.17, 15) is 14.4 Å². The number of rotatable bonds is 6. The molecule has 39 heavy (non-hydrogen) atoms. The van der Waals surface area contributed by atoms with Crippen LogP contribution in [0.1, 0.15) is 23.1 Å². The van der Waals surface area contributed by atoms with Gasteiger partial charge in [0.05, 0.1) is 23.6 Å². The Morgan fingerprint density at radius 1 is 0.821 bits per heavy atom. The van der Waals surface area contributed by atoms with Crippen LogP contribution in [0.3, 0.4) is 0 Å². The molecule has 0 bridgehead atoms. The highest BCUT2D eigenvalue weighted by Crippen LogP contribution is 2.53. The van der Waals surface area contributed by atoms with Gasteiger partial charge in [-0.1, -0.05) is 88.2 Å². The average molecular weight is 600 g/mol. The van der Waals surface area contributed by atoms with E-state index in [2.05, 4.69) is 15.9 Å². The van der Waals surface area contributed by atoms with Gasteiger partial charge in [0.25, 0.3) is 0 Å². The van der Waals surface area contributed by atoms with Gasteiger partial charge in [-0.2, -0.15) is 0 Å². The Hall–Kier alpha value is -3.74.